The molecule has 2 aromatic carbocycles. The van der Waals surface area contributed by atoms with Crippen LogP contribution in [0.15, 0.2) is 57.4 Å². The van der Waals surface area contributed by atoms with Gasteiger partial charge in [0.05, 0.1) is 11.6 Å². The number of para-hydroxylation sites is 1. The standard InChI is InChI=1S/C17H13BrO2/c1-19-13-9-6-12(7-10-13)8-11-16-17(18)14-4-2-3-5-15(14)20-16/h2-11H,1H3. The first-order valence-electron chi connectivity index (χ1n) is 6.27. The fourth-order valence-electron chi connectivity index (χ4n) is 2.03. The normalized spacial score (nSPS) is 11.3. The van der Waals surface area contributed by atoms with Crippen molar-refractivity contribution in [1.82, 2.24) is 0 Å². The van der Waals surface area contributed by atoms with Gasteiger partial charge in [-0.05, 0) is 51.8 Å². The van der Waals surface area contributed by atoms with Crippen molar-refractivity contribution in [3.63, 3.8) is 0 Å². The van der Waals surface area contributed by atoms with E-state index in [0.29, 0.717) is 0 Å². The zero-order valence-corrected chi connectivity index (χ0v) is 12.6. The highest BCUT2D eigenvalue weighted by Crippen LogP contribution is 2.31. The molecule has 0 N–H and O–H groups in total. The molecule has 0 aliphatic carbocycles. The van der Waals surface area contributed by atoms with Gasteiger partial charge in [0.2, 0.25) is 0 Å². The molecule has 3 heteroatoms. The third kappa shape index (κ3) is 2.49. The third-order valence-electron chi connectivity index (χ3n) is 3.10. The minimum absolute atomic E-state index is 0.821. The Labute approximate surface area is 125 Å². The molecule has 0 aliphatic rings. The van der Waals surface area contributed by atoms with E-state index in [1.165, 1.54) is 0 Å². The summed E-state index contributed by atoms with van der Waals surface area (Å²) in [5.74, 6) is 1.68. The molecule has 0 unspecified atom stereocenters. The Balaban J connectivity index is 1.91. The van der Waals surface area contributed by atoms with E-state index in [4.69, 9.17) is 9.15 Å². The second kappa shape index (κ2) is 5.55. The second-order valence-corrected chi connectivity index (χ2v) is 5.18. The van der Waals surface area contributed by atoms with Gasteiger partial charge in [0, 0.05) is 5.39 Å². The number of halogens is 1. The average molecular weight is 329 g/mol. The lowest BCUT2D eigenvalue weighted by Crippen LogP contribution is -1.81. The molecular formula is C17H13BrO2. The first-order valence-corrected chi connectivity index (χ1v) is 7.06. The number of hydrogen-bond acceptors (Lipinski definition) is 2. The predicted molar refractivity (Wildman–Crippen MR) is 85.8 cm³/mol. The third-order valence-corrected chi connectivity index (χ3v) is 3.92. The molecule has 1 heterocycles. The molecule has 0 radical (unpaired) electrons. The highest BCUT2D eigenvalue weighted by atomic mass is 79.9. The van der Waals surface area contributed by atoms with Crippen LogP contribution in [0.5, 0.6) is 5.75 Å². The number of rotatable bonds is 3. The molecule has 20 heavy (non-hydrogen) atoms. The minimum Gasteiger partial charge on any atom is -0.497 e. The van der Waals surface area contributed by atoms with E-state index in [-0.39, 0.29) is 0 Å². The van der Waals surface area contributed by atoms with E-state index in [0.717, 1.165) is 32.5 Å². The van der Waals surface area contributed by atoms with Gasteiger partial charge in [0.25, 0.3) is 0 Å². The summed E-state index contributed by atoms with van der Waals surface area (Å²) in [4.78, 5) is 0. The van der Waals surface area contributed by atoms with Gasteiger partial charge in [0.15, 0.2) is 0 Å². The molecule has 0 amide bonds. The molecule has 0 saturated heterocycles. The first kappa shape index (κ1) is 13.0. The Morgan fingerprint density at radius 2 is 1.75 bits per heavy atom. The smallest absolute Gasteiger partial charge is 0.142 e. The summed E-state index contributed by atoms with van der Waals surface area (Å²) in [7, 11) is 1.66. The summed E-state index contributed by atoms with van der Waals surface area (Å²) in [5, 5.41) is 1.09. The Morgan fingerprint density at radius 3 is 2.45 bits per heavy atom. The van der Waals surface area contributed by atoms with Gasteiger partial charge in [-0.2, -0.15) is 0 Å². The lowest BCUT2D eigenvalue weighted by atomic mass is 10.2. The molecule has 0 saturated carbocycles. The van der Waals surface area contributed by atoms with Crippen molar-refractivity contribution in [2.45, 2.75) is 0 Å². The van der Waals surface area contributed by atoms with Gasteiger partial charge in [-0.3, -0.25) is 0 Å². The van der Waals surface area contributed by atoms with E-state index in [2.05, 4.69) is 15.9 Å². The van der Waals surface area contributed by atoms with Gasteiger partial charge in [-0.1, -0.05) is 30.3 Å². The quantitative estimate of drug-likeness (QED) is 0.644. The summed E-state index contributed by atoms with van der Waals surface area (Å²) < 4.78 is 11.9. The van der Waals surface area contributed by atoms with Crippen molar-refractivity contribution in [3.05, 3.63) is 64.3 Å². The van der Waals surface area contributed by atoms with E-state index >= 15 is 0 Å². The van der Waals surface area contributed by atoms with Crippen LogP contribution in [0.4, 0.5) is 0 Å². The Morgan fingerprint density at radius 1 is 1.00 bits per heavy atom. The van der Waals surface area contributed by atoms with Crippen molar-refractivity contribution in [3.8, 4) is 5.75 Å². The van der Waals surface area contributed by atoms with Crippen molar-refractivity contribution in [2.24, 2.45) is 0 Å². The highest BCUT2D eigenvalue weighted by Gasteiger charge is 2.08. The maximum atomic E-state index is 5.81. The van der Waals surface area contributed by atoms with Crippen molar-refractivity contribution >= 4 is 39.1 Å². The van der Waals surface area contributed by atoms with Crippen LogP contribution in [0.1, 0.15) is 11.3 Å². The molecule has 2 nitrogen and oxygen atoms in total. The summed E-state index contributed by atoms with van der Waals surface area (Å²) in [6.07, 6.45) is 3.98. The fourth-order valence-corrected chi connectivity index (χ4v) is 2.57. The SMILES string of the molecule is COc1ccc(C=Cc2oc3ccccc3c2Br)cc1. The van der Waals surface area contributed by atoms with Crippen LogP contribution in [0.25, 0.3) is 23.1 Å². The predicted octanol–water partition coefficient (Wildman–Crippen LogP) is 5.37. The Bertz CT molecular complexity index is 754. The molecule has 0 aliphatic heterocycles. The van der Waals surface area contributed by atoms with Crippen LogP contribution >= 0.6 is 15.9 Å². The molecule has 100 valence electrons. The molecule has 3 rings (SSSR count). The molecule has 0 spiro atoms. The van der Waals surface area contributed by atoms with E-state index in [1.54, 1.807) is 7.11 Å². The number of benzene rings is 2. The van der Waals surface area contributed by atoms with E-state index < -0.39 is 0 Å². The lowest BCUT2D eigenvalue weighted by Gasteiger charge is -1.98. The number of fused-ring (bicyclic) bond motifs is 1. The number of methoxy groups -OCH3 is 1. The van der Waals surface area contributed by atoms with Crippen LogP contribution in [-0.4, -0.2) is 7.11 Å². The van der Waals surface area contributed by atoms with Crippen LogP contribution in [0.2, 0.25) is 0 Å². The summed E-state index contributed by atoms with van der Waals surface area (Å²) in [6.45, 7) is 0. The average Bonchev–Trinajstić information content (AvgIpc) is 2.83. The van der Waals surface area contributed by atoms with Crippen LogP contribution in [0.3, 0.4) is 0 Å². The van der Waals surface area contributed by atoms with Gasteiger partial charge in [-0.15, -0.1) is 0 Å². The molecule has 0 atom stereocenters. The Hall–Kier alpha value is -2.00. The molecule has 0 fully saturated rings. The van der Waals surface area contributed by atoms with Crippen LogP contribution in [0, 0.1) is 0 Å². The topological polar surface area (TPSA) is 22.4 Å². The maximum absolute atomic E-state index is 5.81. The van der Waals surface area contributed by atoms with Crippen molar-refractivity contribution in [1.29, 1.82) is 0 Å². The fraction of sp³-hybridized carbons (Fsp3) is 0.0588. The van der Waals surface area contributed by atoms with Gasteiger partial charge < -0.3 is 9.15 Å². The van der Waals surface area contributed by atoms with Gasteiger partial charge >= 0.3 is 0 Å². The van der Waals surface area contributed by atoms with Gasteiger partial charge in [0.1, 0.15) is 17.1 Å². The summed E-state index contributed by atoms with van der Waals surface area (Å²) in [5.41, 5.74) is 1.98. The molecule has 0 bridgehead atoms. The Kier molecular flexibility index (Phi) is 3.61. The molecular weight excluding hydrogens is 316 g/mol. The number of hydrogen-bond donors (Lipinski definition) is 0. The zero-order chi connectivity index (χ0) is 13.9. The van der Waals surface area contributed by atoms with Crippen LogP contribution in [-0.2, 0) is 0 Å². The van der Waals surface area contributed by atoms with Crippen molar-refractivity contribution < 1.29 is 9.15 Å². The summed E-state index contributed by atoms with van der Waals surface area (Å²) >= 11 is 3.58. The monoisotopic (exact) mass is 328 g/mol. The first-order chi connectivity index (χ1) is 9.78. The maximum Gasteiger partial charge on any atom is 0.142 e. The second-order valence-electron chi connectivity index (χ2n) is 4.38. The molecule has 1 aromatic heterocycles. The van der Waals surface area contributed by atoms with E-state index in [1.807, 2.05) is 60.7 Å². The molecule has 3 aromatic rings. The zero-order valence-electron chi connectivity index (χ0n) is 11.0. The largest absolute Gasteiger partial charge is 0.497 e. The highest BCUT2D eigenvalue weighted by molar-refractivity contribution is 9.10. The van der Waals surface area contributed by atoms with E-state index in [9.17, 15) is 0 Å². The van der Waals surface area contributed by atoms with Gasteiger partial charge in [-0.25, -0.2) is 0 Å². The minimum atomic E-state index is 0.821. The number of furan rings is 1. The van der Waals surface area contributed by atoms with Crippen LogP contribution < -0.4 is 4.74 Å². The van der Waals surface area contributed by atoms with Crippen molar-refractivity contribution in [2.75, 3.05) is 7.11 Å². The summed E-state index contributed by atoms with van der Waals surface area (Å²) in [6, 6.07) is 15.9. The number of ether oxygens (including phenoxy) is 1. The lowest BCUT2D eigenvalue weighted by molar-refractivity contribution is 0.415.